The molecule has 0 bridgehead atoms. The number of methoxy groups -OCH3 is 1. The Morgan fingerprint density at radius 1 is 1.17 bits per heavy atom. The highest BCUT2D eigenvalue weighted by Gasteiger charge is 2.25. The van der Waals surface area contributed by atoms with Crippen LogP contribution in [0.3, 0.4) is 0 Å². The summed E-state index contributed by atoms with van der Waals surface area (Å²) >= 11 is 3.45. The Balaban J connectivity index is 1.92. The average molecular weight is 391 g/mol. The van der Waals surface area contributed by atoms with Gasteiger partial charge in [0.15, 0.2) is 0 Å². The van der Waals surface area contributed by atoms with E-state index in [1.54, 1.807) is 12.1 Å². The quantitative estimate of drug-likeness (QED) is 0.711. The molecule has 3 rings (SSSR count). The molecular formula is C18H15BrO5. The van der Waals surface area contributed by atoms with Crippen LogP contribution in [0.4, 0.5) is 0 Å². The Morgan fingerprint density at radius 3 is 2.54 bits per heavy atom. The summed E-state index contributed by atoms with van der Waals surface area (Å²) in [7, 11) is 1.33. The van der Waals surface area contributed by atoms with Crippen molar-refractivity contribution in [3.8, 4) is 5.75 Å². The van der Waals surface area contributed by atoms with Gasteiger partial charge in [-0.05, 0) is 33.6 Å². The number of hydrogen-bond acceptors (Lipinski definition) is 5. The van der Waals surface area contributed by atoms with Crippen molar-refractivity contribution in [2.45, 2.75) is 12.9 Å². The molecule has 0 saturated carbocycles. The summed E-state index contributed by atoms with van der Waals surface area (Å²) in [5.41, 5.74) is 2.01. The molecule has 1 heterocycles. The van der Waals surface area contributed by atoms with Gasteiger partial charge in [-0.15, -0.1) is 0 Å². The lowest BCUT2D eigenvalue weighted by Gasteiger charge is -2.18. The summed E-state index contributed by atoms with van der Waals surface area (Å²) < 4.78 is 22.1. The largest absolute Gasteiger partial charge is 0.487 e. The van der Waals surface area contributed by atoms with Crippen LogP contribution >= 0.6 is 15.9 Å². The van der Waals surface area contributed by atoms with Crippen LogP contribution in [0, 0.1) is 0 Å². The number of hydrogen-bond donors (Lipinski definition) is 0. The van der Waals surface area contributed by atoms with E-state index < -0.39 is 12.3 Å². The highest BCUT2D eigenvalue weighted by atomic mass is 79.9. The van der Waals surface area contributed by atoms with Gasteiger partial charge in [-0.25, -0.2) is 4.79 Å². The van der Waals surface area contributed by atoms with Crippen molar-refractivity contribution in [3.63, 3.8) is 0 Å². The van der Waals surface area contributed by atoms with E-state index in [2.05, 4.69) is 15.9 Å². The Hall–Kier alpha value is -2.47. The van der Waals surface area contributed by atoms with Crippen molar-refractivity contribution in [3.05, 3.63) is 76.2 Å². The van der Waals surface area contributed by atoms with Crippen LogP contribution in [0.5, 0.6) is 5.75 Å². The molecule has 0 radical (unpaired) electrons. The van der Waals surface area contributed by atoms with E-state index in [9.17, 15) is 4.79 Å². The monoisotopic (exact) mass is 390 g/mol. The summed E-state index contributed by atoms with van der Waals surface area (Å²) in [4.78, 5) is 11.8. The predicted octanol–water partition coefficient (Wildman–Crippen LogP) is 4.33. The van der Waals surface area contributed by atoms with E-state index in [1.807, 2.05) is 30.3 Å². The van der Waals surface area contributed by atoms with Crippen LogP contribution in [-0.4, -0.2) is 13.1 Å². The zero-order valence-corrected chi connectivity index (χ0v) is 14.5. The molecule has 2 aromatic rings. The number of ether oxygens (including phenoxy) is 4. The molecule has 5 nitrogen and oxygen atoms in total. The van der Waals surface area contributed by atoms with Crippen molar-refractivity contribution in [1.82, 2.24) is 0 Å². The topological polar surface area (TPSA) is 54.0 Å². The van der Waals surface area contributed by atoms with Gasteiger partial charge >= 0.3 is 5.97 Å². The number of esters is 1. The maximum atomic E-state index is 11.8. The first kappa shape index (κ1) is 16.4. The van der Waals surface area contributed by atoms with Crippen LogP contribution < -0.4 is 4.74 Å². The van der Waals surface area contributed by atoms with Crippen LogP contribution in [-0.2, 0) is 20.8 Å². The van der Waals surface area contributed by atoms with E-state index in [4.69, 9.17) is 18.9 Å². The highest BCUT2D eigenvalue weighted by molar-refractivity contribution is 9.10. The molecule has 0 aliphatic carbocycles. The Morgan fingerprint density at radius 2 is 1.88 bits per heavy atom. The number of halogens is 1. The first-order valence-corrected chi connectivity index (χ1v) is 8.03. The maximum Gasteiger partial charge on any atom is 0.337 e. The maximum absolute atomic E-state index is 11.8. The third-order valence-corrected chi connectivity index (χ3v) is 4.02. The van der Waals surface area contributed by atoms with Gasteiger partial charge in [0.05, 0.1) is 22.7 Å². The van der Waals surface area contributed by atoms with Gasteiger partial charge in [0.25, 0.3) is 6.29 Å². The smallest absolute Gasteiger partial charge is 0.337 e. The van der Waals surface area contributed by atoms with Crippen molar-refractivity contribution in [1.29, 1.82) is 0 Å². The fraction of sp³-hybridized carbons (Fsp3) is 0.167. The first-order valence-electron chi connectivity index (χ1n) is 7.23. The van der Waals surface area contributed by atoms with Crippen molar-refractivity contribution in [2.75, 3.05) is 7.11 Å². The third-order valence-electron chi connectivity index (χ3n) is 3.43. The second-order valence-corrected chi connectivity index (χ2v) is 5.87. The molecule has 24 heavy (non-hydrogen) atoms. The SMILES string of the molecule is COC(=O)c1cc(Br)c(OCc2ccccc2)c(C2OC=CO2)c1. The minimum Gasteiger partial charge on any atom is -0.487 e. The summed E-state index contributed by atoms with van der Waals surface area (Å²) in [5.74, 6) is 0.109. The van der Waals surface area contributed by atoms with Gasteiger partial charge in [0.1, 0.15) is 24.9 Å². The average Bonchev–Trinajstić information content (AvgIpc) is 3.14. The van der Waals surface area contributed by atoms with Gasteiger partial charge < -0.3 is 18.9 Å². The molecule has 1 aliphatic rings. The van der Waals surface area contributed by atoms with Gasteiger partial charge in [0, 0.05) is 0 Å². The molecule has 124 valence electrons. The molecule has 0 N–H and O–H groups in total. The number of benzene rings is 2. The molecule has 0 fully saturated rings. The van der Waals surface area contributed by atoms with Gasteiger partial charge in [-0.1, -0.05) is 30.3 Å². The van der Waals surface area contributed by atoms with Crippen LogP contribution in [0.1, 0.15) is 27.8 Å². The molecule has 0 amide bonds. The lowest BCUT2D eigenvalue weighted by atomic mass is 10.1. The van der Waals surface area contributed by atoms with Crippen LogP contribution in [0.15, 0.2) is 59.5 Å². The van der Waals surface area contributed by atoms with E-state index in [0.717, 1.165) is 5.56 Å². The van der Waals surface area contributed by atoms with Crippen molar-refractivity contribution in [2.24, 2.45) is 0 Å². The summed E-state index contributed by atoms with van der Waals surface area (Å²) in [6.45, 7) is 0.379. The predicted molar refractivity (Wildman–Crippen MR) is 90.3 cm³/mol. The molecule has 0 aromatic heterocycles. The van der Waals surface area contributed by atoms with Crippen LogP contribution in [0.25, 0.3) is 0 Å². The molecule has 0 saturated heterocycles. The lowest BCUT2D eigenvalue weighted by Crippen LogP contribution is -2.08. The highest BCUT2D eigenvalue weighted by Crippen LogP contribution is 2.38. The van der Waals surface area contributed by atoms with Crippen molar-refractivity contribution < 1.29 is 23.7 Å². The molecule has 6 heteroatoms. The third kappa shape index (κ3) is 3.54. The fourth-order valence-electron chi connectivity index (χ4n) is 2.29. The number of rotatable bonds is 5. The van der Waals surface area contributed by atoms with Crippen molar-refractivity contribution >= 4 is 21.9 Å². The summed E-state index contributed by atoms with van der Waals surface area (Å²) in [5, 5.41) is 0. The molecule has 0 unspecified atom stereocenters. The summed E-state index contributed by atoms with van der Waals surface area (Å²) in [6.07, 6.45) is 2.23. The van der Waals surface area contributed by atoms with E-state index in [1.165, 1.54) is 19.6 Å². The van der Waals surface area contributed by atoms with Gasteiger partial charge in [-0.3, -0.25) is 0 Å². The van der Waals surface area contributed by atoms with Gasteiger partial charge in [0.2, 0.25) is 0 Å². The minimum absolute atomic E-state index is 0.379. The zero-order valence-electron chi connectivity index (χ0n) is 12.9. The van der Waals surface area contributed by atoms with Gasteiger partial charge in [-0.2, -0.15) is 0 Å². The Labute approximate surface area is 147 Å². The molecule has 1 aliphatic heterocycles. The standard InChI is InChI=1S/C18H15BrO5/c1-21-17(20)13-9-14(18-22-7-8-23-18)16(15(19)10-13)24-11-12-5-3-2-4-6-12/h2-10,18H,11H2,1H3. The molecule has 0 atom stereocenters. The number of carbonyl (C=O) groups is 1. The molecule has 2 aromatic carbocycles. The molecule has 0 spiro atoms. The normalized spacial score (nSPS) is 13.2. The lowest BCUT2D eigenvalue weighted by molar-refractivity contribution is -0.0267. The minimum atomic E-state index is -0.670. The Bertz CT molecular complexity index is 750. The second kappa shape index (κ2) is 7.40. The molecular weight excluding hydrogens is 376 g/mol. The Kier molecular flexibility index (Phi) is 5.05. The second-order valence-electron chi connectivity index (χ2n) is 5.02. The fourth-order valence-corrected chi connectivity index (χ4v) is 2.88. The van der Waals surface area contributed by atoms with E-state index in [0.29, 0.717) is 28.0 Å². The zero-order chi connectivity index (χ0) is 16.9. The number of carbonyl (C=O) groups excluding carboxylic acids is 1. The summed E-state index contributed by atoms with van der Waals surface area (Å²) in [6, 6.07) is 13.1. The first-order chi connectivity index (χ1) is 11.7. The van der Waals surface area contributed by atoms with E-state index in [-0.39, 0.29) is 0 Å². The van der Waals surface area contributed by atoms with E-state index >= 15 is 0 Å². The van der Waals surface area contributed by atoms with Crippen LogP contribution in [0.2, 0.25) is 0 Å².